The SMILES string of the molecule is CCOC(=O)C1=C(C)N=c2s/c(=C\c3ccc(-c4ccccc4[N+](=O)[O-])o3)c(=O)n2C1c1cc(OC)ccc1OC. The molecule has 0 bridgehead atoms. The van der Waals surface area contributed by atoms with Crippen molar-refractivity contribution in [3.05, 3.63) is 107 Å². The van der Waals surface area contributed by atoms with Gasteiger partial charge in [0.1, 0.15) is 29.1 Å². The quantitative estimate of drug-likeness (QED) is 0.175. The first-order valence-corrected chi connectivity index (χ1v) is 13.3. The smallest absolute Gasteiger partial charge is 0.338 e. The first-order chi connectivity index (χ1) is 19.8. The van der Waals surface area contributed by atoms with E-state index >= 15 is 0 Å². The number of esters is 1. The van der Waals surface area contributed by atoms with Crippen LogP contribution >= 0.6 is 11.3 Å². The molecule has 12 heteroatoms. The molecule has 11 nitrogen and oxygen atoms in total. The fourth-order valence-corrected chi connectivity index (χ4v) is 5.71. The van der Waals surface area contributed by atoms with Gasteiger partial charge in [-0.25, -0.2) is 9.79 Å². The summed E-state index contributed by atoms with van der Waals surface area (Å²) in [6, 6.07) is 13.7. The Morgan fingerprint density at radius 2 is 1.95 bits per heavy atom. The molecular formula is C29H25N3O8S. The lowest BCUT2D eigenvalue weighted by molar-refractivity contribution is -0.384. The number of fused-ring (bicyclic) bond motifs is 1. The Balaban J connectivity index is 1.69. The van der Waals surface area contributed by atoms with Gasteiger partial charge in [0.05, 0.1) is 47.1 Å². The minimum Gasteiger partial charge on any atom is -0.497 e. The summed E-state index contributed by atoms with van der Waals surface area (Å²) in [7, 11) is 3.02. The van der Waals surface area contributed by atoms with Crippen molar-refractivity contribution in [1.82, 2.24) is 4.57 Å². The highest BCUT2D eigenvalue weighted by atomic mass is 32.1. The zero-order valence-corrected chi connectivity index (χ0v) is 23.4. The highest BCUT2D eigenvalue weighted by Crippen LogP contribution is 2.38. The molecule has 0 fully saturated rings. The third kappa shape index (κ3) is 5.05. The fraction of sp³-hybridized carbons (Fsp3) is 0.207. The Morgan fingerprint density at radius 1 is 1.17 bits per heavy atom. The average molecular weight is 576 g/mol. The number of methoxy groups -OCH3 is 2. The Morgan fingerprint density at radius 3 is 2.66 bits per heavy atom. The van der Waals surface area contributed by atoms with Crippen molar-refractivity contribution < 1.29 is 28.3 Å². The van der Waals surface area contributed by atoms with Crippen LogP contribution in [-0.4, -0.2) is 36.3 Å². The summed E-state index contributed by atoms with van der Waals surface area (Å²) in [6.07, 6.45) is 1.55. The topological polar surface area (TPSA) is 135 Å². The van der Waals surface area contributed by atoms with Gasteiger partial charge in [-0.3, -0.25) is 19.5 Å². The van der Waals surface area contributed by atoms with Crippen LogP contribution in [0, 0.1) is 10.1 Å². The van der Waals surface area contributed by atoms with Gasteiger partial charge in [0, 0.05) is 17.7 Å². The Hall–Kier alpha value is -4.97. The highest BCUT2D eigenvalue weighted by Gasteiger charge is 2.35. The Kier molecular flexibility index (Phi) is 7.58. The predicted molar refractivity (Wildman–Crippen MR) is 151 cm³/mol. The van der Waals surface area contributed by atoms with Crippen LogP contribution < -0.4 is 24.4 Å². The molecule has 1 unspecified atom stereocenters. The Labute approximate surface area is 237 Å². The molecule has 0 aliphatic carbocycles. The molecule has 2 aromatic heterocycles. The number of nitro benzene ring substituents is 1. The van der Waals surface area contributed by atoms with Gasteiger partial charge < -0.3 is 18.6 Å². The number of hydrogen-bond donors (Lipinski definition) is 0. The number of nitro groups is 1. The third-order valence-corrected chi connectivity index (χ3v) is 7.50. The van der Waals surface area contributed by atoms with Gasteiger partial charge in [-0.15, -0.1) is 0 Å². The Bertz CT molecular complexity index is 1880. The first-order valence-electron chi connectivity index (χ1n) is 12.5. The second-order valence-electron chi connectivity index (χ2n) is 8.89. The van der Waals surface area contributed by atoms with Gasteiger partial charge >= 0.3 is 5.97 Å². The third-order valence-electron chi connectivity index (χ3n) is 6.51. The summed E-state index contributed by atoms with van der Waals surface area (Å²) in [6.45, 7) is 3.53. The molecule has 2 aromatic carbocycles. The van der Waals surface area contributed by atoms with Gasteiger partial charge in [0.2, 0.25) is 0 Å². The molecule has 0 spiro atoms. The van der Waals surface area contributed by atoms with Crippen molar-refractivity contribution in [2.24, 2.45) is 4.99 Å². The molecule has 5 rings (SSSR count). The first kappa shape index (κ1) is 27.6. The van der Waals surface area contributed by atoms with E-state index in [0.717, 1.165) is 11.3 Å². The van der Waals surface area contributed by atoms with Crippen molar-refractivity contribution in [3.8, 4) is 22.8 Å². The van der Waals surface area contributed by atoms with Gasteiger partial charge in [-0.2, -0.15) is 0 Å². The maximum atomic E-state index is 13.9. The molecule has 1 aliphatic heterocycles. The van der Waals surface area contributed by atoms with E-state index in [1.165, 1.54) is 24.9 Å². The summed E-state index contributed by atoms with van der Waals surface area (Å²) in [4.78, 5) is 43.0. The molecule has 0 saturated carbocycles. The zero-order valence-electron chi connectivity index (χ0n) is 22.6. The van der Waals surface area contributed by atoms with E-state index < -0.39 is 22.5 Å². The maximum absolute atomic E-state index is 13.9. The lowest BCUT2D eigenvalue weighted by atomic mass is 9.95. The molecule has 41 heavy (non-hydrogen) atoms. The standard InChI is InChI=1S/C29H25N3O8S/c1-5-39-28(34)25-16(2)30-29-31(26(25)20-14-17(37-3)10-12-22(20)38-4)27(33)24(41-29)15-18-11-13-23(40-18)19-8-6-7-9-21(19)32(35)36/h6-15,26H,5H2,1-4H3/b24-15-. The number of allylic oxidation sites excluding steroid dienone is 1. The minimum absolute atomic E-state index is 0.0954. The molecule has 3 heterocycles. The summed E-state index contributed by atoms with van der Waals surface area (Å²) in [5, 5.41) is 11.5. The van der Waals surface area contributed by atoms with Crippen LogP contribution in [0.4, 0.5) is 5.69 Å². The second-order valence-corrected chi connectivity index (χ2v) is 9.90. The highest BCUT2D eigenvalue weighted by molar-refractivity contribution is 7.07. The number of nitrogens with zero attached hydrogens (tertiary/aromatic N) is 3. The van der Waals surface area contributed by atoms with E-state index in [1.54, 1.807) is 68.5 Å². The van der Waals surface area contributed by atoms with Crippen molar-refractivity contribution in [3.63, 3.8) is 0 Å². The molecule has 210 valence electrons. The van der Waals surface area contributed by atoms with Crippen molar-refractivity contribution >= 4 is 29.1 Å². The van der Waals surface area contributed by atoms with Crippen LogP contribution in [0.2, 0.25) is 0 Å². The molecule has 0 N–H and O–H groups in total. The number of carbonyl (C=O) groups is 1. The number of hydrogen-bond acceptors (Lipinski definition) is 10. The molecular weight excluding hydrogens is 550 g/mol. The summed E-state index contributed by atoms with van der Waals surface area (Å²) in [5.41, 5.74) is 0.937. The number of thiazole rings is 1. The van der Waals surface area contributed by atoms with Crippen LogP contribution in [-0.2, 0) is 9.53 Å². The van der Waals surface area contributed by atoms with Crippen molar-refractivity contribution in [1.29, 1.82) is 0 Å². The lowest BCUT2D eigenvalue weighted by Gasteiger charge is -2.26. The van der Waals surface area contributed by atoms with Crippen molar-refractivity contribution in [2.75, 3.05) is 20.8 Å². The second kappa shape index (κ2) is 11.3. The normalized spacial score (nSPS) is 14.8. The van der Waals surface area contributed by atoms with E-state index in [9.17, 15) is 19.7 Å². The van der Waals surface area contributed by atoms with Gasteiger partial charge in [0.25, 0.3) is 11.2 Å². The van der Waals surface area contributed by atoms with E-state index in [2.05, 4.69) is 4.99 Å². The lowest BCUT2D eigenvalue weighted by Crippen LogP contribution is -2.40. The van der Waals surface area contributed by atoms with Crippen LogP contribution in [0.15, 0.2) is 80.1 Å². The number of ether oxygens (including phenoxy) is 3. The molecule has 0 radical (unpaired) electrons. The van der Waals surface area contributed by atoms with E-state index in [-0.39, 0.29) is 28.2 Å². The predicted octanol–water partition coefficient (Wildman–Crippen LogP) is 3.98. The summed E-state index contributed by atoms with van der Waals surface area (Å²) < 4.78 is 24.0. The van der Waals surface area contributed by atoms with Gasteiger partial charge in [-0.1, -0.05) is 23.5 Å². The zero-order chi connectivity index (χ0) is 29.3. The average Bonchev–Trinajstić information content (AvgIpc) is 3.56. The fourth-order valence-electron chi connectivity index (χ4n) is 4.68. The van der Waals surface area contributed by atoms with Crippen LogP contribution in [0.5, 0.6) is 11.5 Å². The molecule has 4 aromatic rings. The summed E-state index contributed by atoms with van der Waals surface area (Å²) in [5.74, 6) is 0.968. The number of furan rings is 1. The molecule has 1 aliphatic rings. The molecule has 0 amide bonds. The number of carbonyl (C=O) groups excluding carboxylic acids is 1. The number of para-hydroxylation sites is 1. The number of benzene rings is 2. The van der Waals surface area contributed by atoms with Gasteiger partial charge in [0.15, 0.2) is 4.80 Å². The molecule has 0 saturated heterocycles. The minimum atomic E-state index is -0.906. The van der Waals surface area contributed by atoms with E-state index in [0.29, 0.717) is 38.9 Å². The number of rotatable bonds is 8. The maximum Gasteiger partial charge on any atom is 0.338 e. The number of aromatic nitrogens is 1. The van der Waals surface area contributed by atoms with E-state index in [4.69, 9.17) is 18.6 Å². The largest absolute Gasteiger partial charge is 0.497 e. The van der Waals surface area contributed by atoms with E-state index in [1.807, 2.05) is 0 Å². The summed E-state index contributed by atoms with van der Waals surface area (Å²) >= 11 is 1.12. The van der Waals surface area contributed by atoms with Gasteiger partial charge in [-0.05, 0) is 50.2 Å². The van der Waals surface area contributed by atoms with Crippen molar-refractivity contribution in [2.45, 2.75) is 19.9 Å². The monoisotopic (exact) mass is 575 g/mol. The molecule has 1 atom stereocenters. The van der Waals surface area contributed by atoms with Crippen LogP contribution in [0.1, 0.15) is 31.2 Å². The van der Waals surface area contributed by atoms with Crippen LogP contribution in [0.25, 0.3) is 17.4 Å². The van der Waals surface area contributed by atoms with Crippen LogP contribution in [0.3, 0.4) is 0 Å².